The minimum absolute atomic E-state index is 0.0796. The van der Waals surface area contributed by atoms with Crippen molar-refractivity contribution in [2.45, 2.75) is 56.9 Å². The second-order valence-corrected chi connectivity index (χ2v) is 10.7. The second-order valence-electron chi connectivity index (χ2n) is 9.60. The fourth-order valence-electron chi connectivity index (χ4n) is 6.74. The number of carbonyl (C=O) groups is 5. The van der Waals surface area contributed by atoms with Crippen LogP contribution >= 0.6 is 15.9 Å². The Labute approximate surface area is 201 Å². The van der Waals surface area contributed by atoms with E-state index in [0.717, 1.165) is 0 Å². The summed E-state index contributed by atoms with van der Waals surface area (Å²) < 4.78 is 20.7. The van der Waals surface area contributed by atoms with Gasteiger partial charge >= 0.3 is 23.9 Å². The molecule has 3 fully saturated rings. The molecule has 0 amide bonds. The van der Waals surface area contributed by atoms with E-state index in [2.05, 4.69) is 15.9 Å². The van der Waals surface area contributed by atoms with Crippen molar-refractivity contribution in [2.24, 2.45) is 34.5 Å². The van der Waals surface area contributed by atoms with Gasteiger partial charge in [0, 0.05) is 25.2 Å². The van der Waals surface area contributed by atoms with Crippen molar-refractivity contribution >= 4 is 45.6 Å². The van der Waals surface area contributed by atoms with Gasteiger partial charge in [-0.05, 0) is 37.0 Å². The van der Waals surface area contributed by atoms with Gasteiger partial charge in [-0.15, -0.1) is 0 Å². The van der Waals surface area contributed by atoms with Gasteiger partial charge in [0.2, 0.25) is 0 Å². The third-order valence-corrected chi connectivity index (χ3v) is 9.29. The molecule has 33 heavy (non-hydrogen) atoms. The SMILES string of the molecule is COC(=O)[C@@H]1C(=O)CC[C@@]2(C)[C@H]1[C@@H](Br)[C@H](OC(C)=O)[C@@H]1CC(C(=O)OC)(C(=O)OC)CC[C@H]12. The van der Waals surface area contributed by atoms with Crippen molar-refractivity contribution in [3.63, 3.8) is 0 Å². The highest BCUT2D eigenvalue weighted by Gasteiger charge is 2.67. The molecule has 0 heterocycles. The normalized spacial score (nSPS) is 37.1. The molecule has 0 spiro atoms. The van der Waals surface area contributed by atoms with Crippen molar-refractivity contribution in [1.82, 2.24) is 0 Å². The maximum absolute atomic E-state index is 12.8. The van der Waals surface area contributed by atoms with Crippen molar-refractivity contribution in [3.8, 4) is 0 Å². The Bertz CT molecular complexity index is 831. The highest BCUT2D eigenvalue weighted by Crippen LogP contribution is 2.64. The predicted molar refractivity (Wildman–Crippen MR) is 117 cm³/mol. The lowest BCUT2D eigenvalue weighted by molar-refractivity contribution is -0.195. The van der Waals surface area contributed by atoms with Gasteiger partial charge in [0.05, 0.1) is 26.2 Å². The number of rotatable bonds is 4. The molecule has 0 aliphatic heterocycles. The summed E-state index contributed by atoms with van der Waals surface area (Å²) in [5.41, 5.74) is -1.99. The molecule has 0 N–H and O–H groups in total. The molecule has 0 saturated heterocycles. The Balaban J connectivity index is 2.12. The molecule has 0 aromatic rings. The minimum Gasteiger partial charge on any atom is -0.468 e. The standard InChI is InChI=1S/C23H31BrO9/c1-11(25)33-18-12-10-23(20(28)31-4,21(29)32-5)9-6-13(12)22(2)8-7-14(26)15(19(27)30-3)16(22)17(18)24/h12-13,15-18H,6-10H2,1-5H3/t12-,13-,15-,16-,17-,18-,22-/m1/s1. The van der Waals surface area contributed by atoms with E-state index in [-0.39, 0.29) is 31.0 Å². The Morgan fingerprint density at radius 2 is 1.61 bits per heavy atom. The maximum atomic E-state index is 12.8. The van der Waals surface area contributed by atoms with Crippen LogP contribution in [-0.2, 0) is 42.9 Å². The number of esters is 4. The Kier molecular flexibility index (Phi) is 7.27. The van der Waals surface area contributed by atoms with Crippen molar-refractivity contribution < 1.29 is 42.9 Å². The van der Waals surface area contributed by atoms with E-state index < -0.39 is 63.4 Å². The number of ketones is 1. The molecule has 10 heteroatoms. The summed E-state index contributed by atoms with van der Waals surface area (Å²) in [7, 11) is 3.70. The first-order valence-corrected chi connectivity index (χ1v) is 12.0. The van der Waals surface area contributed by atoms with E-state index in [1.54, 1.807) is 0 Å². The second kappa shape index (κ2) is 9.35. The number of methoxy groups -OCH3 is 3. The van der Waals surface area contributed by atoms with Gasteiger partial charge < -0.3 is 18.9 Å². The number of hydrogen-bond donors (Lipinski definition) is 0. The molecule has 184 valence electrons. The largest absolute Gasteiger partial charge is 0.468 e. The highest BCUT2D eigenvalue weighted by atomic mass is 79.9. The quantitative estimate of drug-likeness (QED) is 0.233. The molecule has 3 rings (SSSR count). The summed E-state index contributed by atoms with van der Waals surface area (Å²) in [6, 6.07) is 0. The third kappa shape index (κ3) is 3.98. The van der Waals surface area contributed by atoms with E-state index in [1.165, 1.54) is 28.3 Å². The monoisotopic (exact) mass is 530 g/mol. The number of carbonyl (C=O) groups excluding carboxylic acids is 5. The van der Waals surface area contributed by atoms with Gasteiger partial charge in [0.25, 0.3) is 0 Å². The average molecular weight is 531 g/mol. The molecule has 9 nitrogen and oxygen atoms in total. The fraction of sp³-hybridized carbons (Fsp3) is 0.783. The zero-order valence-corrected chi connectivity index (χ0v) is 21.1. The minimum atomic E-state index is -1.51. The van der Waals surface area contributed by atoms with Gasteiger partial charge in [0.15, 0.2) is 5.41 Å². The molecule has 3 aliphatic carbocycles. The molecule has 3 saturated carbocycles. The van der Waals surface area contributed by atoms with Crippen LogP contribution in [-0.4, -0.2) is 61.9 Å². The van der Waals surface area contributed by atoms with Crippen LogP contribution < -0.4 is 0 Å². The summed E-state index contributed by atoms with van der Waals surface area (Å²) in [5, 5.41) is 0. The van der Waals surface area contributed by atoms with Crippen molar-refractivity contribution in [3.05, 3.63) is 0 Å². The summed E-state index contributed by atoms with van der Waals surface area (Å²) >= 11 is 3.66. The van der Waals surface area contributed by atoms with Crippen LogP contribution in [0.3, 0.4) is 0 Å². The van der Waals surface area contributed by atoms with Gasteiger partial charge in [-0.3, -0.25) is 24.0 Å². The average Bonchev–Trinajstić information content (AvgIpc) is 2.80. The van der Waals surface area contributed by atoms with Gasteiger partial charge in [0.1, 0.15) is 17.8 Å². The molecule has 0 radical (unpaired) electrons. The fourth-order valence-corrected chi connectivity index (χ4v) is 8.15. The number of Topliss-reactive ketones (excluding diaryl/α,β-unsaturated/α-hetero) is 1. The van der Waals surface area contributed by atoms with Gasteiger partial charge in [-0.2, -0.15) is 0 Å². The third-order valence-electron chi connectivity index (χ3n) is 8.20. The zero-order chi connectivity index (χ0) is 24.7. The van der Waals surface area contributed by atoms with E-state index in [1.807, 2.05) is 6.92 Å². The number of ether oxygens (including phenoxy) is 4. The molecule has 3 aliphatic rings. The van der Waals surface area contributed by atoms with Crippen LogP contribution in [0, 0.1) is 34.5 Å². The summed E-state index contributed by atoms with van der Waals surface area (Å²) in [6.07, 6.45) is 0.735. The van der Waals surface area contributed by atoms with Crippen molar-refractivity contribution in [1.29, 1.82) is 0 Å². The molecular formula is C23H31BrO9. The van der Waals surface area contributed by atoms with Crippen LogP contribution in [0.5, 0.6) is 0 Å². The van der Waals surface area contributed by atoms with Crippen LogP contribution in [0.15, 0.2) is 0 Å². The Hall–Kier alpha value is -1.97. The molecule has 0 bridgehead atoms. The molecule has 7 atom stereocenters. The lowest BCUT2D eigenvalue weighted by atomic mass is 9.44. The van der Waals surface area contributed by atoms with Crippen LogP contribution in [0.4, 0.5) is 0 Å². The molecule has 0 aromatic carbocycles. The summed E-state index contributed by atoms with van der Waals surface area (Å²) in [4.78, 5) is 62.6. The smallest absolute Gasteiger partial charge is 0.323 e. The Morgan fingerprint density at radius 1 is 1.00 bits per heavy atom. The predicted octanol–water partition coefficient (Wildman–Crippen LogP) is 2.22. The van der Waals surface area contributed by atoms with E-state index >= 15 is 0 Å². The lowest BCUT2D eigenvalue weighted by Crippen LogP contribution is -2.65. The van der Waals surface area contributed by atoms with Crippen LogP contribution in [0.25, 0.3) is 0 Å². The highest BCUT2D eigenvalue weighted by molar-refractivity contribution is 9.09. The number of alkyl halides is 1. The maximum Gasteiger partial charge on any atom is 0.323 e. The first kappa shape index (κ1) is 25.6. The topological polar surface area (TPSA) is 122 Å². The first-order valence-electron chi connectivity index (χ1n) is 11.1. The molecule has 0 aromatic heterocycles. The van der Waals surface area contributed by atoms with Crippen LogP contribution in [0.1, 0.15) is 46.0 Å². The first-order chi connectivity index (χ1) is 15.5. The zero-order valence-electron chi connectivity index (χ0n) is 19.6. The summed E-state index contributed by atoms with van der Waals surface area (Å²) in [6.45, 7) is 3.32. The van der Waals surface area contributed by atoms with E-state index in [0.29, 0.717) is 12.8 Å². The molecule has 0 unspecified atom stereocenters. The van der Waals surface area contributed by atoms with Crippen LogP contribution in [0.2, 0.25) is 0 Å². The summed E-state index contributed by atoms with van der Waals surface area (Å²) in [5.74, 6) is -4.64. The van der Waals surface area contributed by atoms with E-state index in [4.69, 9.17) is 18.9 Å². The van der Waals surface area contributed by atoms with Gasteiger partial charge in [-0.1, -0.05) is 22.9 Å². The van der Waals surface area contributed by atoms with Crippen molar-refractivity contribution in [2.75, 3.05) is 21.3 Å². The number of halogens is 1. The van der Waals surface area contributed by atoms with E-state index in [9.17, 15) is 24.0 Å². The number of hydrogen-bond acceptors (Lipinski definition) is 9. The lowest BCUT2D eigenvalue weighted by Gasteiger charge is -2.61. The Morgan fingerprint density at radius 3 is 2.12 bits per heavy atom. The number of fused-ring (bicyclic) bond motifs is 3. The van der Waals surface area contributed by atoms with Gasteiger partial charge in [-0.25, -0.2) is 0 Å². The molecular weight excluding hydrogens is 500 g/mol.